The first-order chi connectivity index (χ1) is 13.4. The van der Waals surface area contributed by atoms with Gasteiger partial charge in [0.25, 0.3) is 5.91 Å². The molecule has 150 valence electrons. The summed E-state index contributed by atoms with van der Waals surface area (Å²) in [5.41, 5.74) is 1.51. The van der Waals surface area contributed by atoms with Crippen molar-refractivity contribution >= 4 is 17.6 Å². The molecule has 10 heteroatoms. The van der Waals surface area contributed by atoms with Gasteiger partial charge in [-0.2, -0.15) is 5.10 Å². The van der Waals surface area contributed by atoms with E-state index in [-0.39, 0.29) is 24.0 Å². The van der Waals surface area contributed by atoms with Crippen LogP contribution in [0.15, 0.2) is 29.4 Å². The van der Waals surface area contributed by atoms with Crippen LogP contribution in [0.2, 0.25) is 0 Å². The summed E-state index contributed by atoms with van der Waals surface area (Å²) in [5.74, 6) is -0.573. The molecular weight excluding hydrogens is 367 g/mol. The van der Waals surface area contributed by atoms with Crippen LogP contribution in [0.5, 0.6) is 0 Å². The molecule has 1 aromatic carbocycles. The van der Waals surface area contributed by atoms with E-state index in [0.29, 0.717) is 19.7 Å². The van der Waals surface area contributed by atoms with Crippen LogP contribution in [-0.4, -0.2) is 96.8 Å². The molecule has 1 N–H and O–H groups in total. The number of carbonyl (C=O) groups excluding carboxylic acids is 2. The Balaban J connectivity index is 1.69. The third-order valence-electron chi connectivity index (χ3n) is 5.45. The smallest absolute Gasteiger partial charge is 0.327 e. The lowest BCUT2D eigenvalue weighted by Crippen LogP contribution is -2.65. The van der Waals surface area contributed by atoms with Gasteiger partial charge in [-0.1, -0.05) is 12.1 Å². The molecule has 0 aromatic heterocycles. The number of imide groups is 1. The van der Waals surface area contributed by atoms with Gasteiger partial charge in [0.2, 0.25) is 0 Å². The minimum absolute atomic E-state index is 0.254. The van der Waals surface area contributed by atoms with Gasteiger partial charge in [-0.25, -0.2) is 14.1 Å². The van der Waals surface area contributed by atoms with E-state index in [1.165, 1.54) is 24.1 Å². The third-order valence-corrected chi connectivity index (χ3v) is 5.45. The maximum Gasteiger partial charge on any atom is 0.327 e. The molecule has 1 aromatic rings. The van der Waals surface area contributed by atoms with Crippen LogP contribution in [0.4, 0.5) is 9.18 Å². The number of carbonyl (C=O) groups is 2. The van der Waals surface area contributed by atoms with Crippen molar-refractivity contribution in [1.82, 2.24) is 25.0 Å². The van der Waals surface area contributed by atoms with E-state index < -0.39 is 12.2 Å². The number of nitrogens with zero attached hydrogens (tertiary/aromatic N) is 5. The summed E-state index contributed by atoms with van der Waals surface area (Å²) in [6, 6.07) is 5.25. The van der Waals surface area contributed by atoms with E-state index in [1.54, 1.807) is 26.3 Å². The highest BCUT2D eigenvalue weighted by Gasteiger charge is 2.55. The molecule has 3 atom stereocenters. The second kappa shape index (κ2) is 7.12. The minimum Gasteiger partial charge on any atom is -0.383 e. The topological polar surface area (TPSA) is 80.7 Å². The Morgan fingerprint density at radius 3 is 2.64 bits per heavy atom. The highest BCUT2D eigenvalue weighted by molar-refractivity contribution is 6.04. The van der Waals surface area contributed by atoms with Crippen LogP contribution in [-0.2, 0) is 9.53 Å². The van der Waals surface area contributed by atoms with E-state index in [0.717, 1.165) is 16.2 Å². The Kier molecular flexibility index (Phi) is 4.77. The number of rotatable bonds is 4. The number of hydrogen-bond acceptors (Lipinski definition) is 7. The lowest BCUT2D eigenvalue weighted by molar-refractivity contribution is -0.137. The quantitative estimate of drug-likeness (QED) is 0.773. The van der Waals surface area contributed by atoms with E-state index in [1.807, 2.05) is 9.91 Å². The Morgan fingerprint density at radius 1 is 1.25 bits per heavy atom. The molecule has 0 radical (unpaired) electrons. The first-order valence-corrected chi connectivity index (χ1v) is 9.07. The largest absolute Gasteiger partial charge is 0.383 e. The average molecular weight is 390 g/mol. The summed E-state index contributed by atoms with van der Waals surface area (Å²) in [5, 5.41) is 9.89. The van der Waals surface area contributed by atoms with Crippen LogP contribution in [0.3, 0.4) is 0 Å². The number of fused-ring (bicyclic) bond motifs is 3. The number of hydrogen-bond donors (Lipinski definition) is 1. The highest BCUT2D eigenvalue weighted by Crippen LogP contribution is 2.30. The first-order valence-electron chi connectivity index (χ1n) is 9.07. The van der Waals surface area contributed by atoms with Gasteiger partial charge >= 0.3 is 6.03 Å². The summed E-state index contributed by atoms with van der Waals surface area (Å²) in [6.07, 6.45) is -0.797. The van der Waals surface area contributed by atoms with E-state index in [9.17, 15) is 14.0 Å². The number of likely N-dealkylation sites (N-methyl/N-ethyl adjacent to an activating group) is 2. The molecule has 0 aliphatic carbocycles. The number of hydrazone groups is 1. The molecule has 3 unspecified atom stereocenters. The molecule has 3 heterocycles. The molecule has 0 bridgehead atoms. The average Bonchev–Trinajstić information content (AvgIpc) is 3.09. The fourth-order valence-corrected chi connectivity index (χ4v) is 3.93. The zero-order chi connectivity index (χ0) is 20.0. The van der Waals surface area contributed by atoms with Crippen LogP contribution in [0, 0.1) is 5.82 Å². The predicted octanol–water partition coefficient (Wildman–Crippen LogP) is -0.101. The molecule has 0 saturated carbocycles. The molecule has 4 rings (SSSR count). The Morgan fingerprint density at radius 2 is 1.96 bits per heavy atom. The van der Waals surface area contributed by atoms with Crippen molar-refractivity contribution in [1.29, 1.82) is 0 Å². The van der Waals surface area contributed by atoms with Gasteiger partial charge in [0.1, 0.15) is 18.0 Å². The lowest BCUT2D eigenvalue weighted by Gasteiger charge is -2.41. The Bertz CT molecular complexity index is 816. The normalized spacial score (nSPS) is 27.8. The predicted molar refractivity (Wildman–Crippen MR) is 98.7 cm³/mol. The van der Waals surface area contributed by atoms with Crippen LogP contribution in [0.1, 0.15) is 5.56 Å². The number of halogens is 1. The number of amides is 3. The minimum atomic E-state index is -0.534. The molecule has 3 amide bonds. The maximum atomic E-state index is 13.3. The summed E-state index contributed by atoms with van der Waals surface area (Å²) in [6.45, 7) is 1.34. The van der Waals surface area contributed by atoms with Crippen LogP contribution < -0.4 is 5.32 Å². The maximum absolute atomic E-state index is 13.3. The van der Waals surface area contributed by atoms with E-state index in [4.69, 9.17) is 9.84 Å². The van der Waals surface area contributed by atoms with Crippen molar-refractivity contribution in [2.75, 3.05) is 40.9 Å². The zero-order valence-electron chi connectivity index (χ0n) is 16.0. The van der Waals surface area contributed by atoms with Crippen LogP contribution in [0.25, 0.3) is 0 Å². The van der Waals surface area contributed by atoms with Gasteiger partial charge in [-0.15, -0.1) is 0 Å². The van der Waals surface area contributed by atoms with Crippen molar-refractivity contribution in [2.45, 2.75) is 18.5 Å². The van der Waals surface area contributed by atoms with Crippen molar-refractivity contribution in [3.8, 4) is 0 Å². The summed E-state index contributed by atoms with van der Waals surface area (Å²) < 4.78 is 18.5. The monoisotopic (exact) mass is 390 g/mol. The molecule has 28 heavy (non-hydrogen) atoms. The zero-order valence-corrected chi connectivity index (χ0v) is 16.0. The van der Waals surface area contributed by atoms with Crippen LogP contribution >= 0.6 is 0 Å². The van der Waals surface area contributed by atoms with Gasteiger partial charge in [0, 0.05) is 27.7 Å². The van der Waals surface area contributed by atoms with E-state index >= 15 is 0 Å². The SMILES string of the molecule is COCCN1N=C(c2ccc(F)cc2)CN2C3C(=O)N(C)C(=O)N(C)C3NC12. The molecular formula is C18H23FN6O3. The number of ether oxygens (including phenoxy) is 1. The first kappa shape index (κ1) is 18.8. The van der Waals surface area contributed by atoms with Crippen molar-refractivity contribution in [3.05, 3.63) is 35.6 Å². The van der Waals surface area contributed by atoms with E-state index in [2.05, 4.69) is 5.32 Å². The summed E-state index contributed by atoms with van der Waals surface area (Å²) in [4.78, 5) is 29.9. The number of nitrogens with one attached hydrogen (secondary N) is 1. The second-order valence-corrected chi connectivity index (χ2v) is 7.10. The fourth-order valence-electron chi connectivity index (χ4n) is 3.93. The van der Waals surface area contributed by atoms with Gasteiger partial charge in [-0.05, 0) is 17.7 Å². The number of urea groups is 1. The molecule has 3 aliphatic heterocycles. The Labute approximate surface area is 162 Å². The number of benzene rings is 1. The molecule has 0 spiro atoms. The van der Waals surface area contributed by atoms with Crippen molar-refractivity contribution < 1.29 is 18.7 Å². The standard InChI is InChI=1S/C18H23FN6O3/c1-22-15-14(16(26)23(2)18(22)27)24-10-13(11-4-6-12(19)7-5-11)21-25(8-9-28-3)17(24)20-15/h4-7,14-15,17,20H,8-10H2,1-3H3. The lowest BCUT2D eigenvalue weighted by atomic mass is 10.1. The molecule has 3 aliphatic rings. The second-order valence-electron chi connectivity index (χ2n) is 7.10. The molecule has 2 fully saturated rings. The summed E-state index contributed by atoms with van der Waals surface area (Å²) >= 11 is 0. The van der Waals surface area contributed by atoms with Crippen molar-refractivity contribution in [3.63, 3.8) is 0 Å². The van der Waals surface area contributed by atoms with Gasteiger partial charge < -0.3 is 9.64 Å². The van der Waals surface area contributed by atoms with Gasteiger partial charge in [-0.3, -0.25) is 20.0 Å². The van der Waals surface area contributed by atoms with Gasteiger partial charge in [0.05, 0.1) is 18.9 Å². The van der Waals surface area contributed by atoms with Gasteiger partial charge in [0.15, 0.2) is 6.29 Å². The Hall–Kier alpha value is -2.56. The number of methoxy groups -OCH3 is 1. The highest BCUT2D eigenvalue weighted by atomic mass is 19.1. The van der Waals surface area contributed by atoms with Crippen molar-refractivity contribution in [2.24, 2.45) is 5.10 Å². The fraction of sp³-hybridized carbons (Fsp3) is 0.500. The molecule has 2 saturated heterocycles. The summed E-state index contributed by atoms with van der Waals surface area (Å²) in [7, 11) is 4.78. The molecule has 9 nitrogen and oxygen atoms in total. The third kappa shape index (κ3) is 2.93.